The van der Waals surface area contributed by atoms with Gasteiger partial charge in [0.15, 0.2) is 0 Å². The molecule has 0 amide bonds. The molecule has 0 saturated heterocycles. The van der Waals surface area contributed by atoms with Crippen LogP contribution in [-0.4, -0.2) is 34.4 Å². The number of ether oxygens (including phenoxy) is 4. The van der Waals surface area contributed by atoms with Crippen LogP contribution in [0.25, 0.3) is 0 Å². The maximum atomic E-state index is 10.9. The number of hydrogen-bond donors (Lipinski definition) is 0. The zero-order chi connectivity index (χ0) is 9.56. The van der Waals surface area contributed by atoms with E-state index >= 15 is 0 Å². The highest BCUT2D eigenvalue weighted by molar-refractivity contribution is 5.86. The van der Waals surface area contributed by atoms with Crippen LogP contribution in [0.4, 0.5) is 0 Å². The largest absolute Gasteiger partial charge is 0.485 e. The molecule has 0 aromatic carbocycles. The van der Waals surface area contributed by atoms with Gasteiger partial charge in [0.25, 0.3) is 5.76 Å². The smallest absolute Gasteiger partial charge is 0.381 e. The molecular weight excluding hydrogens is 164 g/mol. The number of methoxy groups -OCH3 is 4. The van der Waals surface area contributed by atoms with Crippen LogP contribution < -0.4 is 0 Å². The van der Waals surface area contributed by atoms with Gasteiger partial charge in [0, 0.05) is 0 Å². The first-order chi connectivity index (χ1) is 5.71. The summed E-state index contributed by atoms with van der Waals surface area (Å²) in [7, 11) is 5.29. The van der Waals surface area contributed by atoms with Gasteiger partial charge in [-0.2, -0.15) is 0 Å². The summed E-state index contributed by atoms with van der Waals surface area (Å²) in [5.41, 5.74) is 0. The number of esters is 1. The molecule has 0 aromatic heterocycles. The molecule has 0 aliphatic heterocycles. The van der Waals surface area contributed by atoms with Gasteiger partial charge in [0.2, 0.25) is 0 Å². The minimum absolute atomic E-state index is 0.00986. The maximum Gasteiger partial charge on any atom is 0.381 e. The molecule has 0 radical (unpaired) electrons. The third-order valence-corrected chi connectivity index (χ3v) is 1.13. The van der Waals surface area contributed by atoms with Crippen LogP contribution in [0.15, 0.2) is 11.7 Å². The first-order valence-electron chi connectivity index (χ1n) is 3.15. The molecule has 0 heterocycles. The predicted octanol–water partition coefficient (Wildman–Crippen LogP) is 0.268. The first-order valence-corrected chi connectivity index (χ1v) is 3.15. The molecule has 0 unspecified atom stereocenters. The van der Waals surface area contributed by atoms with E-state index in [1.54, 1.807) is 0 Å². The minimum atomic E-state index is -0.642. The Morgan fingerprint density at radius 1 is 0.833 bits per heavy atom. The molecule has 0 fully saturated rings. The van der Waals surface area contributed by atoms with E-state index in [-0.39, 0.29) is 11.7 Å². The van der Waals surface area contributed by atoms with E-state index in [4.69, 9.17) is 14.2 Å². The standard InChI is InChI=1S/C7H12O5/c1-9-5(6(8)10-2)7(11-3)12-4/h1-4H3. The van der Waals surface area contributed by atoms with Gasteiger partial charge in [-0.05, 0) is 0 Å². The van der Waals surface area contributed by atoms with Gasteiger partial charge >= 0.3 is 11.9 Å². The average Bonchev–Trinajstić information content (AvgIpc) is 2.12. The molecule has 70 valence electrons. The molecule has 0 rings (SSSR count). The van der Waals surface area contributed by atoms with Crippen molar-refractivity contribution in [3.05, 3.63) is 11.7 Å². The summed E-state index contributed by atoms with van der Waals surface area (Å²) in [6.07, 6.45) is 0. The zero-order valence-corrected chi connectivity index (χ0v) is 7.54. The monoisotopic (exact) mass is 176 g/mol. The van der Waals surface area contributed by atoms with Crippen molar-refractivity contribution in [1.82, 2.24) is 0 Å². The summed E-state index contributed by atoms with van der Waals surface area (Å²) >= 11 is 0. The number of carbonyl (C=O) groups is 1. The average molecular weight is 176 g/mol. The highest BCUT2D eigenvalue weighted by atomic mass is 16.7. The second-order valence-electron chi connectivity index (χ2n) is 1.72. The fraction of sp³-hybridized carbons (Fsp3) is 0.571. The zero-order valence-electron chi connectivity index (χ0n) is 7.54. The molecular formula is C7H12O5. The van der Waals surface area contributed by atoms with Gasteiger partial charge < -0.3 is 18.9 Å². The van der Waals surface area contributed by atoms with Crippen LogP contribution >= 0.6 is 0 Å². The van der Waals surface area contributed by atoms with Gasteiger partial charge in [-0.1, -0.05) is 0 Å². The van der Waals surface area contributed by atoms with E-state index in [9.17, 15) is 4.79 Å². The lowest BCUT2D eigenvalue weighted by atomic mass is 10.5. The second kappa shape index (κ2) is 5.29. The quantitative estimate of drug-likeness (QED) is 0.349. The van der Waals surface area contributed by atoms with Crippen LogP contribution in [-0.2, 0) is 23.7 Å². The van der Waals surface area contributed by atoms with E-state index in [1.807, 2.05) is 0 Å². The highest BCUT2D eigenvalue weighted by Gasteiger charge is 2.18. The third-order valence-electron chi connectivity index (χ3n) is 1.13. The predicted molar refractivity (Wildman–Crippen MR) is 40.1 cm³/mol. The normalized spacial score (nSPS) is 8.33. The van der Waals surface area contributed by atoms with E-state index in [1.165, 1.54) is 28.4 Å². The summed E-state index contributed by atoms with van der Waals surface area (Å²) in [5, 5.41) is 0. The third kappa shape index (κ3) is 2.34. The Morgan fingerprint density at radius 2 is 1.33 bits per heavy atom. The van der Waals surface area contributed by atoms with Crippen LogP contribution in [0.3, 0.4) is 0 Å². The minimum Gasteiger partial charge on any atom is -0.485 e. The molecule has 0 spiro atoms. The lowest BCUT2D eigenvalue weighted by Gasteiger charge is -2.08. The molecule has 0 atom stereocenters. The van der Waals surface area contributed by atoms with Crippen molar-refractivity contribution in [3.63, 3.8) is 0 Å². The molecule has 5 nitrogen and oxygen atoms in total. The summed E-state index contributed by atoms with van der Waals surface area (Å²) in [5.74, 6) is -0.747. The topological polar surface area (TPSA) is 54.0 Å². The SMILES string of the molecule is COC(=O)C(OC)=C(OC)OC. The fourth-order valence-electron chi connectivity index (χ4n) is 0.611. The van der Waals surface area contributed by atoms with Gasteiger partial charge in [0.1, 0.15) is 0 Å². The highest BCUT2D eigenvalue weighted by Crippen LogP contribution is 2.08. The molecule has 0 N–H and O–H groups in total. The molecule has 0 aliphatic carbocycles. The van der Waals surface area contributed by atoms with Crippen LogP contribution in [0.1, 0.15) is 0 Å². The molecule has 0 saturated carbocycles. The Bertz CT molecular complexity index is 178. The van der Waals surface area contributed by atoms with E-state index in [2.05, 4.69) is 4.74 Å². The summed E-state index contributed by atoms with van der Waals surface area (Å²) < 4.78 is 18.5. The lowest BCUT2D eigenvalue weighted by molar-refractivity contribution is -0.140. The Labute approximate surface area is 70.9 Å². The molecule has 0 aromatic rings. The van der Waals surface area contributed by atoms with E-state index in [0.29, 0.717) is 0 Å². The van der Waals surface area contributed by atoms with Crippen molar-refractivity contribution < 1.29 is 23.7 Å². The fourth-order valence-corrected chi connectivity index (χ4v) is 0.611. The summed E-state index contributed by atoms with van der Waals surface area (Å²) in [6, 6.07) is 0. The Balaban J connectivity index is 4.68. The second-order valence-corrected chi connectivity index (χ2v) is 1.72. The van der Waals surface area contributed by atoms with Gasteiger partial charge in [-0.25, -0.2) is 4.79 Å². The van der Waals surface area contributed by atoms with Gasteiger partial charge in [-0.3, -0.25) is 0 Å². The van der Waals surface area contributed by atoms with Crippen LogP contribution in [0, 0.1) is 0 Å². The molecule has 12 heavy (non-hydrogen) atoms. The van der Waals surface area contributed by atoms with Crippen molar-refractivity contribution >= 4 is 5.97 Å². The maximum absolute atomic E-state index is 10.9. The molecule has 5 heteroatoms. The summed E-state index contributed by atoms with van der Waals surface area (Å²) in [6.45, 7) is 0. The van der Waals surface area contributed by atoms with Crippen molar-refractivity contribution in [2.45, 2.75) is 0 Å². The van der Waals surface area contributed by atoms with Crippen molar-refractivity contribution in [2.24, 2.45) is 0 Å². The first kappa shape index (κ1) is 10.6. The summed E-state index contributed by atoms with van der Waals surface area (Å²) in [4.78, 5) is 10.9. The number of hydrogen-bond acceptors (Lipinski definition) is 5. The van der Waals surface area contributed by atoms with Crippen molar-refractivity contribution in [2.75, 3.05) is 28.4 Å². The Hall–Kier alpha value is -1.39. The number of rotatable bonds is 4. The number of carbonyl (C=O) groups excluding carboxylic acids is 1. The van der Waals surface area contributed by atoms with Crippen molar-refractivity contribution in [1.29, 1.82) is 0 Å². The van der Waals surface area contributed by atoms with Crippen molar-refractivity contribution in [3.8, 4) is 0 Å². The Morgan fingerprint density at radius 3 is 1.58 bits per heavy atom. The van der Waals surface area contributed by atoms with Crippen LogP contribution in [0.2, 0.25) is 0 Å². The molecule has 0 aliphatic rings. The van der Waals surface area contributed by atoms with E-state index < -0.39 is 5.97 Å². The molecule has 0 bridgehead atoms. The van der Waals surface area contributed by atoms with Gasteiger partial charge in [-0.15, -0.1) is 0 Å². The lowest BCUT2D eigenvalue weighted by Crippen LogP contribution is -2.11. The van der Waals surface area contributed by atoms with Crippen LogP contribution in [0.5, 0.6) is 0 Å². The van der Waals surface area contributed by atoms with E-state index in [0.717, 1.165) is 0 Å². The van der Waals surface area contributed by atoms with Gasteiger partial charge in [0.05, 0.1) is 28.4 Å². The Kier molecular flexibility index (Phi) is 4.67.